The van der Waals surface area contributed by atoms with Crippen LogP contribution >= 0.6 is 34.8 Å². The third-order valence-electron chi connectivity index (χ3n) is 2.05. The summed E-state index contributed by atoms with van der Waals surface area (Å²) in [6.07, 6.45) is 0.374. The molecule has 0 fully saturated rings. The van der Waals surface area contributed by atoms with Crippen molar-refractivity contribution in [2.24, 2.45) is 0 Å². The van der Waals surface area contributed by atoms with E-state index in [2.05, 4.69) is 5.10 Å². The molecule has 80 valence electrons. The van der Waals surface area contributed by atoms with Gasteiger partial charge < -0.3 is 5.11 Å². The number of aromatic nitrogens is 2. The van der Waals surface area contributed by atoms with Crippen LogP contribution in [0.1, 0.15) is 24.3 Å². The Morgan fingerprint density at radius 1 is 1.57 bits per heavy atom. The molecule has 1 heterocycles. The topological polar surface area (TPSA) is 38.0 Å². The van der Waals surface area contributed by atoms with Crippen molar-refractivity contribution in [2.45, 2.75) is 30.3 Å². The summed E-state index contributed by atoms with van der Waals surface area (Å²) in [6, 6.07) is 0. The highest BCUT2D eigenvalue weighted by Crippen LogP contribution is 2.40. The molecule has 0 saturated heterocycles. The van der Waals surface area contributed by atoms with Crippen molar-refractivity contribution in [3.05, 3.63) is 17.5 Å². The fourth-order valence-electron chi connectivity index (χ4n) is 1.22. The number of aliphatic hydroxyl groups excluding tert-OH is 1. The molecular weight excluding hydrogens is 246 g/mol. The first-order chi connectivity index (χ1) is 6.38. The molecule has 0 unspecified atom stereocenters. The third-order valence-corrected chi connectivity index (χ3v) is 2.67. The van der Waals surface area contributed by atoms with Gasteiger partial charge in [0.15, 0.2) is 0 Å². The predicted octanol–water partition coefficient (Wildman–Crippen LogP) is 2.62. The van der Waals surface area contributed by atoms with E-state index >= 15 is 0 Å². The molecule has 0 aromatic carbocycles. The minimum Gasteiger partial charge on any atom is -0.384 e. The van der Waals surface area contributed by atoms with Crippen molar-refractivity contribution < 1.29 is 5.11 Å². The Hall–Kier alpha value is 0.0400. The van der Waals surface area contributed by atoms with Crippen LogP contribution in [0, 0.1) is 6.92 Å². The molecule has 1 rings (SSSR count). The molecule has 0 spiro atoms. The fraction of sp³-hybridized carbons (Fsp3) is 0.625. The van der Waals surface area contributed by atoms with Crippen LogP contribution in [-0.2, 0) is 6.54 Å². The van der Waals surface area contributed by atoms with Crippen LogP contribution in [0.25, 0.3) is 0 Å². The monoisotopic (exact) mass is 256 g/mol. The molecule has 0 amide bonds. The molecule has 1 aromatic heterocycles. The molecular formula is C8H11Cl3N2O. The maximum atomic E-state index is 9.70. The molecule has 0 saturated carbocycles. The molecule has 0 aliphatic rings. The average Bonchev–Trinajstić information content (AvgIpc) is 2.43. The summed E-state index contributed by atoms with van der Waals surface area (Å²) in [5.74, 6) is 0. The second-order valence-corrected chi connectivity index (χ2v) is 5.31. The first-order valence-electron chi connectivity index (χ1n) is 4.15. The smallest absolute Gasteiger partial charge is 0.220 e. The molecule has 1 N–H and O–H groups in total. The highest BCUT2D eigenvalue weighted by Gasteiger charge is 2.34. The lowest BCUT2D eigenvalue weighted by atomic mass is 10.1. The van der Waals surface area contributed by atoms with Gasteiger partial charge in [0.05, 0.1) is 6.20 Å². The summed E-state index contributed by atoms with van der Waals surface area (Å²) in [7, 11) is 0. The maximum absolute atomic E-state index is 9.70. The lowest BCUT2D eigenvalue weighted by molar-refractivity contribution is 0.181. The summed E-state index contributed by atoms with van der Waals surface area (Å²) in [5.41, 5.74) is 1.36. The van der Waals surface area contributed by atoms with Gasteiger partial charge in [0, 0.05) is 17.8 Å². The first-order valence-corrected chi connectivity index (χ1v) is 5.28. The molecule has 14 heavy (non-hydrogen) atoms. The highest BCUT2D eigenvalue weighted by molar-refractivity contribution is 6.68. The second kappa shape index (κ2) is 4.27. The van der Waals surface area contributed by atoms with Gasteiger partial charge in [0.1, 0.15) is 6.10 Å². The van der Waals surface area contributed by atoms with Gasteiger partial charge >= 0.3 is 0 Å². The largest absolute Gasteiger partial charge is 0.384 e. The average molecular weight is 258 g/mol. The molecule has 3 nitrogen and oxygen atoms in total. The Kier molecular flexibility index (Phi) is 3.69. The van der Waals surface area contributed by atoms with Gasteiger partial charge in [-0.05, 0) is 13.8 Å². The first kappa shape index (κ1) is 12.1. The van der Waals surface area contributed by atoms with Gasteiger partial charge in [-0.2, -0.15) is 5.10 Å². The van der Waals surface area contributed by atoms with Crippen molar-refractivity contribution in [2.75, 3.05) is 0 Å². The summed E-state index contributed by atoms with van der Waals surface area (Å²) in [4.78, 5) is 0. The second-order valence-electron chi connectivity index (χ2n) is 2.95. The van der Waals surface area contributed by atoms with E-state index in [4.69, 9.17) is 34.8 Å². The SMILES string of the molecule is CCn1ncc([C@H](O)C(Cl)(Cl)Cl)c1C. The summed E-state index contributed by atoms with van der Waals surface area (Å²) in [5, 5.41) is 13.7. The van der Waals surface area contributed by atoms with E-state index in [0.29, 0.717) is 5.56 Å². The predicted molar refractivity (Wildman–Crippen MR) is 57.9 cm³/mol. The van der Waals surface area contributed by atoms with E-state index in [9.17, 15) is 5.11 Å². The molecule has 1 aromatic rings. The molecule has 1 atom stereocenters. The Morgan fingerprint density at radius 2 is 2.14 bits per heavy atom. The van der Waals surface area contributed by atoms with Crippen LogP contribution in [0.4, 0.5) is 0 Å². The van der Waals surface area contributed by atoms with Crippen molar-refractivity contribution in [1.82, 2.24) is 9.78 Å². The minimum atomic E-state index is -1.72. The minimum absolute atomic E-state index is 0.548. The van der Waals surface area contributed by atoms with Crippen LogP contribution in [0.3, 0.4) is 0 Å². The van der Waals surface area contributed by atoms with Crippen molar-refractivity contribution >= 4 is 34.8 Å². The van der Waals surface area contributed by atoms with Gasteiger partial charge in [0.25, 0.3) is 0 Å². The number of nitrogens with zero attached hydrogens (tertiary/aromatic N) is 2. The van der Waals surface area contributed by atoms with Gasteiger partial charge in [0.2, 0.25) is 3.79 Å². The van der Waals surface area contributed by atoms with Crippen molar-refractivity contribution in [1.29, 1.82) is 0 Å². The quantitative estimate of drug-likeness (QED) is 0.827. The number of aliphatic hydroxyl groups is 1. The van der Waals surface area contributed by atoms with E-state index in [1.165, 1.54) is 6.20 Å². The van der Waals surface area contributed by atoms with Gasteiger partial charge in [-0.15, -0.1) is 0 Å². The van der Waals surface area contributed by atoms with Crippen LogP contribution in [0.15, 0.2) is 6.20 Å². The Morgan fingerprint density at radius 3 is 2.50 bits per heavy atom. The Balaban J connectivity index is 3.02. The summed E-state index contributed by atoms with van der Waals surface area (Å²) < 4.78 is 0.0152. The van der Waals surface area contributed by atoms with E-state index in [0.717, 1.165) is 12.2 Å². The van der Waals surface area contributed by atoms with E-state index < -0.39 is 9.90 Å². The normalized spacial score (nSPS) is 14.4. The van der Waals surface area contributed by atoms with E-state index in [1.807, 2.05) is 13.8 Å². The molecule has 0 radical (unpaired) electrons. The van der Waals surface area contributed by atoms with Gasteiger partial charge in [-0.3, -0.25) is 4.68 Å². The van der Waals surface area contributed by atoms with Crippen LogP contribution < -0.4 is 0 Å². The maximum Gasteiger partial charge on any atom is 0.220 e. The van der Waals surface area contributed by atoms with Gasteiger partial charge in [-0.25, -0.2) is 0 Å². The lowest BCUT2D eigenvalue weighted by Gasteiger charge is -2.18. The molecule has 0 aliphatic heterocycles. The van der Waals surface area contributed by atoms with Crippen LogP contribution in [0.2, 0.25) is 0 Å². The fourth-order valence-corrected chi connectivity index (χ4v) is 1.58. The zero-order chi connectivity index (χ0) is 10.9. The number of hydrogen-bond donors (Lipinski definition) is 1. The molecule has 0 bridgehead atoms. The highest BCUT2D eigenvalue weighted by atomic mass is 35.6. The number of halogens is 3. The number of aryl methyl sites for hydroxylation is 1. The zero-order valence-corrected chi connectivity index (χ0v) is 10.1. The molecule has 6 heteroatoms. The standard InChI is InChI=1S/C8H11Cl3N2O/c1-3-13-5(2)6(4-12-13)7(14)8(9,10)11/h4,7,14H,3H2,1-2H3/t7-/m0/s1. The van der Waals surface area contributed by atoms with Crippen LogP contribution in [-0.4, -0.2) is 18.7 Å². The summed E-state index contributed by atoms with van der Waals surface area (Å²) in [6.45, 7) is 4.50. The third kappa shape index (κ3) is 2.34. The molecule has 0 aliphatic carbocycles. The number of rotatable bonds is 2. The lowest BCUT2D eigenvalue weighted by Crippen LogP contribution is -2.17. The van der Waals surface area contributed by atoms with E-state index in [-0.39, 0.29) is 0 Å². The van der Waals surface area contributed by atoms with Crippen molar-refractivity contribution in [3.8, 4) is 0 Å². The van der Waals surface area contributed by atoms with Gasteiger partial charge in [-0.1, -0.05) is 34.8 Å². The number of alkyl halides is 3. The number of hydrogen-bond acceptors (Lipinski definition) is 2. The van der Waals surface area contributed by atoms with Crippen molar-refractivity contribution in [3.63, 3.8) is 0 Å². The zero-order valence-electron chi connectivity index (χ0n) is 7.84. The van der Waals surface area contributed by atoms with E-state index in [1.54, 1.807) is 4.68 Å². The Labute approximate surface area is 97.6 Å². The summed E-state index contributed by atoms with van der Waals surface area (Å²) >= 11 is 16.8. The van der Waals surface area contributed by atoms with Crippen LogP contribution in [0.5, 0.6) is 0 Å². The Bertz CT molecular complexity index is 319.